The average Bonchev–Trinajstić information content (AvgIpc) is 3.60. The van der Waals surface area contributed by atoms with Crippen molar-refractivity contribution in [2.45, 2.75) is 117 Å². The third-order valence-electron chi connectivity index (χ3n) is 7.35. The molecule has 0 bridgehead atoms. The summed E-state index contributed by atoms with van der Waals surface area (Å²) in [6.07, 6.45) is -0.111. The predicted molar refractivity (Wildman–Crippen MR) is 162 cm³/mol. The molecule has 0 radical (unpaired) electrons. The molecular formula is C31H52N2O7Si. The maximum atomic E-state index is 13.5. The van der Waals surface area contributed by atoms with E-state index < -0.39 is 26.1 Å². The van der Waals surface area contributed by atoms with Gasteiger partial charge in [0.2, 0.25) is 5.91 Å². The first-order chi connectivity index (χ1) is 18.6. The standard InChI is InChI=1S/C31H52N2O7Si/c1-29(2,3)38-21-15-13-20(14-16-21)17-24(33-28(36)39-30(4,5)6)26(34)32-19-25(22-18-23(22)27(35)37-10)40-41(11,12)31(7,8)9/h13-16,22-25H,17-19H2,1-12H3,(H,32,34)(H,33,36)/t22-,23+,24-,25-/m0/s1. The Morgan fingerprint density at radius 1 is 0.951 bits per heavy atom. The number of benzene rings is 1. The molecule has 232 valence electrons. The van der Waals surface area contributed by atoms with Crippen molar-refractivity contribution in [1.29, 1.82) is 0 Å². The second-order valence-electron chi connectivity index (χ2n) is 14.5. The molecule has 1 aromatic rings. The van der Waals surface area contributed by atoms with E-state index in [4.69, 9.17) is 18.6 Å². The molecule has 1 aromatic carbocycles. The van der Waals surface area contributed by atoms with Gasteiger partial charge in [-0.25, -0.2) is 4.79 Å². The number of carbonyl (C=O) groups is 3. The molecule has 2 N–H and O–H groups in total. The monoisotopic (exact) mass is 592 g/mol. The van der Waals surface area contributed by atoms with Crippen LogP contribution in [0.5, 0.6) is 5.75 Å². The van der Waals surface area contributed by atoms with Crippen LogP contribution in [0.1, 0.15) is 74.3 Å². The summed E-state index contributed by atoms with van der Waals surface area (Å²) in [6, 6.07) is 6.58. The molecule has 0 unspecified atom stereocenters. The summed E-state index contributed by atoms with van der Waals surface area (Å²) in [6.45, 7) is 22.2. The Bertz CT molecular complexity index is 1050. The van der Waals surface area contributed by atoms with Gasteiger partial charge in [-0.1, -0.05) is 32.9 Å². The Labute approximate surface area is 247 Å². The lowest BCUT2D eigenvalue weighted by molar-refractivity contribution is -0.142. The lowest BCUT2D eigenvalue weighted by Gasteiger charge is -2.39. The molecule has 10 heteroatoms. The smallest absolute Gasteiger partial charge is 0.408 e. The zero-order valence-electron chi connectivity index (χ0n) is 27.1. The van der Waals surface area contributed by atoms with E-state index in [0.717, 1.165) is 11.3 Å². The van der Waals surface area contributed by atoms with Crippen LogP contribution in [0.2, 0.25) is 18.1 Å². The van der Waals surface area contributed by atoms with Gasteiger partial charge >= 0.3 is 12.1 Å². The summed E-state index contributed by atoms with van der Waals surface area (Å²) in [5.74, 6) is -0.170. The van der Waals surface area contributed by atoms with Gasteiger partial charge in [0.05, 0.1) is 19.1 Å². The van der Waals surface area contributed by atoms with E-state index >= 15 is 0 Å². The van der Waals surface area contributed by atoms with Gasteiger partial charge in [0.25, 0.3) is 0 Å². The normalized spacial score (nSPS) is 19.0. The van der Waals surface area contributed by atoms with Crippen LogP contribution < -0.4 is 15.4 Å². The van der Waals surface area contributed by atoms with Crippen molar-refractivity contribution in [1.82, 2.24) is 10.6 Å². The van der Waals surface area contributed by atoms with Gasteiger partial charge in [-0.3, -0.25) is 9.59 Å². The molecule has 1 saturated carbocycles. The van der Waals surface area contributed by atoms with Crippen molar-refractivity contribution in [3.8, 4) is 5.75 Å². The minimum Gasteiger partial charge on any atom is -0.488 e. The lowest BCUT2D eigenvalue weighted by Crippen LogP contribution is -2.52. The van der Waals surface area contributed by atoms with Crippen molar-refractivity contribution in [2.75, 3.05) is 13.7 Å². The molecule has 0 saturated heterocycles. The SMILES string of the molecule is COC(=O)[C@@H]1C[C@@H]1[C@H](CNC(=O)[C@H](Cc1ccc(OC(C)(C)C)cc1)NC(=O)OC(C)(C)C)O[Si](C)(C)C(C)(C)C. The molecule has 1 fully saturated rings. The zero-order valence-corrected chi connectivity index (χ0v) is 28.1. The third-order valence-corrected chi connectivity index (χ3v) is 11.8. The molecule has 41 heavy (non-hydrogen) atoms. The number of hydrogen-bond acceptors (Lipinski definition) is 7. The number of hydrogen-bond donors (Lipinski definition) is 2. The molecule has 4 atom stereocenters. The fourth-order valence-corrected chi connectivity index (χ4v) is 5.52. The number of amides is 2. The highest BCUT2D eigenvalue weighted by Gasteiger charge is 2.52. The largest absolute Gasteiger partial charge is 0.488 e. The molecule has 0 aromatic heterocycles. The van der Waals surface area contributed by atoms with E-state index in [1.165, 1.54) is 7.11 Å². The number of nitrogens with one attached hydrogen (secondary N) is 2. The van der Waals surface area contributed by atoms with E-state index in [2.05, 4.69) is 44.5 Å². The van der Waals surface area contributed by atoms with E-state index in [1.807, 2.05) is 45.0 Å². The fraction of sp³-hybridized carbons (Fsp3) is 0.710. The minimum atomic E-state index is -2.21. The number of methoxy groups -OCH3 is 1. The van der Waals surface area contributed by atoms with Gasteiger partial charge in [-0.2, -0.15) is 0 Å². The molecule has 0 spiro atoms. The van der Waals surface area contributed by atoms with E-state index in [1.54, 1.807) is 20.8 Å². The number of alkyl carbamates (subject to hydrolysis) is 1. The molecule has 2 amide bonds. The zero-order chi connectivity index (χ0) is 31.4. The first-order valence-electron chi connectivity index (χ1n) is 14.4. The van der Waals surface area contributed by atoms with Crippen molar-refractivity contribution < 1.29 is 33.0 Å². The quantitative estimate of drug-likeness (QED) is 0.254. The highest BCUT2D eigenvalue weighted by atomic mass is 28.4. The van der Waals surface area contributed by atoms with Crippen LogP contribution in [0, 0.1) is 11.8 Å². The van der Waals surface area contributed by atoms with Crippen molar-refractivity contribution in [3.63, 3.8) is 0 Å². The second-order valence-corrected chi connectivity index (χ2v) is 19.2. The summed E-state index contributed by atoms with van der Waals surface area (Å²) < 4.78 is 23.0. The van der Waals surface area contributed by atoms with Crippen LogP contribution in [-0.4, -0.2) is 63.3 Å². The first kappa shape index (κ1) is 34.6. The topological polar surface area (TPSA) is 112 Å². The molecule has 9 nitrogen and oxygen atoms in total. The number of rotatable bonds is 11. The van der Waals surface area contributed by atoms with Crippen molar-refractivity contribution in [3.05, 3.63) is 29.8 Å². The number of ether oxygens (including phenoxy) is 3. The van der Waals surface area contributed by atoms with Crippen LogP contribution >= 0.6 is 0 Å². The van der Waals surface area contributed by atoms with Crippen LogP contribution in [-0.2, 0) is 29.9 Å². The highest BCUT2D eigenvalue weighted by molar-refractivity contribution is 6.74. The molecule has 0 heterocycles. The first-order valence-corrected chi connectivity index (χ1v) is 17.3. The van der Waals surface area contributed by atoms with E-state index in [-0.39, 0.29) is 53.4 Å². The second kappa shape index (κ2) is 13.1. The maximum Gasteiger partial charge on any atom is 0.408 e. The van der Waals surface area contributed by atoms with Gasteiger partial charge in [0, 0.05) is 13.0 Å². The van der Waals surface area contributed by atoms with Crippen LogP contribution in [0.3, 0.4) is 0 Å². The van der Waals surface area contributed by atoms with Gasteiger partial charge < -0.3 is 29.3 Å². The molecule has 1 aliphatic rings. The Morgan fingerprint density at radius 3 is 2.02 bits per heavy atom. The van der Waals surface area contributed by atoms with Crippen LogP contribution in [0.25, 0.3) is 0 Å². The predicted octanol–water partition coefficient (Wildman–Crippen LogP) is 5.62. The fourth-order valence-electron chi connectivity index (χ4n) is 4.15. The lowest BCUT2D eigenvalue weighted by atomic mass is 10.0. The summed E-state index contributed by atoms with van der Waals surface area (Å²) in [5, 5.41) is 5.69. The van der Waals surface area contributed by atoms with E-state index in [9.17, 15) is 14.4 Å². The summed E-state index contributed by atoms with van der Waals surface area (Å²) in [5.41, 5.74) is -0.197. The maximum absolute atomic E-state index is 13.5. The Balaban J connectivity index is 2.21. The van der Waals surface area contributed by atoms with Gasteiger partial charge in [-0.15, -0.1) is 0 Å². The van der Waals surface area contributed by atoms with Crippen LogP contribution in [0.15, 0.2) is 24.3 Å². The molecular weight excluding hydrogens is 540 g/mol. The summed E-state index contributed by atoms with van der Waals surface area (Å²) >= 11 is 0. The highest BCUT2D eigenvalue weighted by Crippen LogP contribution is 2.46. The summed E-state index contributed by atoms with van der Waals surface area (Å²) in [7, 11) is -0.819. The van der Waals surface area contributed by atoms with Gasteiger partial charge in [-0.05, 0) is 89.7 Å². The summed E-state index contributed by atoms with van der Waals surface area (Å²) in [4.78, 5) is 38.4. The number of esters is 1. The van der Waals surface area contributed by atoms with E-state index in [0.29, 0.717) is 6.42 Å². The minimum absolute atomic E-state index is 0.0375. The van der Waals surface area contributed by atoms with Crippen molar-refractivity contribution in [2.24, 2.45) is 11.8 Å². The van der Waals surface area contributed by atoms with Crippen LogP contribution in [0.4, 0.5) is 4.79 Å². The number of carbonyl (C=O) groups excluding carboxylic acids is 3. The van der Waals surface area contributed by atoms with Gasteiger partial charge in [0.15, 0.2) is 8.32 Å². The van der Waals surface area contributed by atoms with Gasteiger partial charge in [0.1, 0.15) is 23.0 Å². The van der Waals surface area contributed by atoms with Crippen molar-refractivity contribution >= 4 is 26.3 Å². The Morgan fingerprint density at radius 2 is 1.54 bits per heavy atom. The Kier molecular flexibility index (Phi) is 11.1. The Hall–Kier alpha value is -2.59. The molecule has 2 rings (SSSR count). The molecule has 1 aliphatic carbocycles. The average molecular weight is 593 g/mol. The molecule has 0 aliphatic heterocycles. The third kappa shape index (κ3) is 11.3.